The van der Waals surface area contributed by atoms with Crippen LogP contribution in [0.1, 0.15) is 12.8 Å². The smallest absolute Gasteiger partial charge is 0.499 e. The molecule has 1 aliphatic rings. The number of rotatable bonds is 4. The predicted molar refractivity (Wildman–Crippen MR) is 84.0 cm³/mol. The Balaban J connectivity index is 1.82. The Morgan fingerprint density at radius 2 is 1.83 bits per heavy atom. The first-order valence-corrected chi connectivity index (χ1v) is 7.32. The van der Waals surface area contributed by atoms with Crippen molar-refractivity contribution in [3.8, 4) is 5.75 Å². The van der Waals surface area contributed by atoms with Gasteiger partial charge in [-0.2, -0.15) is 0 Å². The average molecular weight is 336 g/mol. The number of methoxy groups -OCH3 is 1. The van der Waals surface area contributed by atoms with Crippen LogP contribution in [-0.2, 0) is 4.74 Å². The van der Waals surface area contributed by atoms with Crippen molar-refractivity contribution in [3.05, 3.63) is 47.0 Å². The van der Waals surface area contributed by atoms with Crippen LogP contribution in [-0.4, -0.2) is 18.5 Å². The molecule has 0 amide bonds. The highest BCUT2D eigenvalue weighted by Gasteiger charge is 2.30. The van der Waals surface area contributed by atoms with E-state index < -0.39 is 6.36 Å². The average Bonchev–Trinajstić information content (AvgIpc) is 2.55. The van der Waals surface area contributed by atoms with Crippen molar-refractivity contribution < 1.29 is 22.6 Å². The number of ether oxygens (including phenoxy) is 2. The fraction of sp³-hybridized carbons (Fsp3) is 0.235. The summed E-state index contributed by atoms with van der Waals surface area (Å²) in [4.78, 5) is 4.53. The largest absolute Gasteiger partial charge is 0.573 e. The van der Waals surface area contributed by atoms with E-state index in [-0.39, 0.29) is 5.75 Å². The number of alkyl halides is 3. The van der Waals surface area contributed by atoms with Gasteiger partial charge >= 0.3 is 6.36 Å². The first-order chi connectivity index (χ1) is 11.4. The van der Waals surface area contributed by atoms with E-state index >= 15 is 0 Å². The van der Waals surface area contributed by atoms with Gasteiger partial charge in [-0.05, 0) is 48.0 Å². The van der Waals surface area contributed by atoms with Crippen LogP contribution >= 0.6 is 0 Å². The molecular formula is C17H15F3N2O2. The molecule has 3 rings (SSSR count). The number of anilines is 2. The number of benzene rings is 1. The van der Waals surface area contributed by atoms with Gasteiger partial charge in [-0.3, -0.25) is 0 Å². The monoisotopic (exact) mass is 336 g/mol. The molecule has 0 unspecified atom stereocenters. The van der Waals surface area contributed by atoms with E-state index in [1.165, 1.54) is 24.3 Å². The molecule has 4 nitrogen and oxygen atoms in total. The molecule has 2 aromatic rings. The first-order valence-electron chi connectivity index (χ1n) is 7.32. The van der Waals surface area contributed by atoms with E-state index in [1.807, 2.05) is 12.1 Å². The Morgan fingerprint density at radius 1 is 1.08 bits per heavy atom. The maximum Gasteiger partial charge on any atom is 0.573 e. The van der Waals surface area contributed by atoms with E-state index in [0.29, 0.717) is 11.5 Å². The van der Waals surface area contributed by atoms with Gasteiger partial charge in [0.05, 0.1) is 7.11 Å². The second-order valence-electron chi connectivity index (χ2n) is 5.20. The van der Waals surface area contributed by atoms with Crippen LogP contribution in [0.5, 0.6) is 5.75 Å². The fourth-order valence-corrected chi connectivity index (χ4v) is 2.49. The van der Waals surface area contributed by atoms with Crippen LogP contribution in [0.4, 0.5) is 24.7 Å². The first kappa shape index (κ1) is 16.2. The minimum absolute atomic E-state index is 0.268. The van der Waals surface area contributed by atoms with Gasteiger partial charge in [0, 0.05) is 12.1 Å². The van der Waals surface area contributed by atoms with Crippen molar-refractivity contribution in [1.82, 2.24) is 4.98 Å². The topological polar surface area (TPSA) is 43.4 Å². The Morgan fingerprint density at radius 3 is 2.50 bits per heavy atom. The molecule has 0 bridgehead atoms. The van der Waals surface area contributed by atoms with Crippen LogP contribution in [0.25, 0.3) is 11.8 Å². The van der Waals surface area contributed by atoms with Gasteiger partial charge in [0.15, 0.2) is 0 Å². The van der Waals surface area contributed by atoms with Gasteiger partial charge in [-0.1, -0.05) is 6.08 Å². The maximum atomic E-state index is 12.2. The zero-order valence-corrected chi connectivity index (χ0v) is 12.9. The molecule has 0 aliphatic heterocycles. The number of nitrogens with zero attached hydrogens (tertiary/aromatic N) is 1. The van der Waals surface area contributed by atoms with Crippen molar-refractivity contribution in [3.63, 3.8) is 0 Å². The summed E-state index contributed by atoms with van der Waals surface area (Å²) < 4.78 is 45.7. The second-order valence-corrected chi connectivity index (χ2v) is 5.20. The van der Waals surface area contributed by atoms with Gasteiger partial charge in [-0.25, -0.2) is 4.98 Å². The number of aromatic nitrogens is 1. The van der Waals surface area contributed by atoms with Crippen molar-refractivity contribution in [1.29, 1.82) is 0 Å². The lowest BCUT2D eigenvalue weighted by atomic mass is 10.1. The summed E-state index contributed by atoms with van der Waals surface area (Å²) in [7, 11) is 1.62. The molecule has 1 N–H and O–H groups in total. The summed E-state index contributed by atoms with van der Waals surface area (Å²) in [5, 5.41) is 4.85. The standard InChI is InChI=1S/C17H15F3N2O2/c1-23-14-4-2-3-11-5-10-15(22-16(11)14)21-12-6-8-13(9-7-12)24-17(18,19)20/h3,5-10H,2,4H2,1H3,(H,21,22). The van der Waals surface area contributed by atoms with Crippen molar-refractivity contribution in [2.75, 3.05) is 12.4 Å². The molecule has 1 aromatic carbocycles. The zero-order chi connectivity index (χ0) is 17.2. The number of pyridine rings is 1. The third-order valence-electron chi connectivity index (χ3n) is 3.53. The van der Waals surface area contributed by atoms with Crippen LogP contribution in [0.2, 0.25) is 0 Å². The highest BCUT2D eigenvalue weighted by atomic mass is 19.4. The fourth-order valence-electron chi connectivity index (χ4n) is 2.49. The number of nitrogens with one attached hydrogen (secondary N) is 1. The molecule has 1 heterocycles. The number of halogens is 3. The summed E-state index contributed by atoms with van der Waals surface area (Å²) in [6.45, 7) is 0. The number of hydrogen-bond donors (Lipinski definition) is 1. The Labute approximate surface area is 136 Å². The van der Waals surface area contributed by atoms with E-state index in [0.717, 1.165) is 29.2 Å². The maximum absolute atomic E-state index is 12.2. The quantitative estimate of drug-likeness (QED) is 0.932. The summed E-state index contributed by atoms with van der Waals surface area (Å²) in [6, 6.07) is 9.23. The molecule has 0 spiro atoms. The van der Waals surface area contributed by atoms with Gasteiger partial charge in [0.25, 0.3) is 0 Å². The molecule has 1 aromatic heterocycles. The van der Waals surface area contributed by atoms with Crippen molar-refractivity contribution in [2.24, 2.45) is 0 Å². The third kappa shape index (κ3) is 3.79. The molecule has 24 heavy (non-hydrogen) atoms. The molecule has 0 atom stereocenters. The van der Waals surface area contributed by atoms with Crippen LogP contribution in [0, 0.1) is 0 Å². The molecule has 0 saturated heterocycles. The molecule has 1 aliphatic carbocycles. The lowest BCUT2D eigenvalue weighted by molar-refractivity contribution is -0.274. The van der Waals surface area contributed by atoms with Crippen molar-refractivity contribution >= 4 is 23.3 Å². The van der Waals surface area contributed by atoms with E-state index in [4.69, 9.17) is 4.74 Å². The number of hydrogen-bond acceptors (Lipinski definition) is 4. The molecule has 126 valence electrons. The van der Waals surface area contributed by atoms with Gasteiger partial charge in [-0.15, -0.1) is 13.2 Å². The predicted octanol–water partition coefficient (Wildman–Crippen LogP) is 3.05. The second kappa shape index (κ2) is 6.43. The Bertz CT molecular complexity index is 846. The SMILES string of the molecule is COC1=c2nc(Nc3ccc(OC(F)(F)F)cc3)ccc2=CCC1. The van der Waals surface area contributed by atoms with Crippen LogP contribution < -0.4 is 20.6 Å². The van der Waals surface area contributed by atoms with Gasteiger partial charge < -0.3 is 14.8 Å². The molecule has 7 heteroatoms. The summed E-state index contributed by atoms with van der Waals surface area (Å²) in [6.07, 6.45) is -0.898. The minimum atomic E-state index is -4.70. The van der Waals surface area contributed by atoms with Gasteiger partial charge in [0.1, 0.15) is 22.7 Å². The summed E-state index contributed by atoms with van der Waals surface area (Å²) in [5.41, 5.74) is 0.607. The third-order valence-corrected chi connectivity index (χ3v) is 3.53. The van der Waals surface area contributed by atoms with E-state index in [2.05, 4.69) is 21.1 Å². The lowest BCUT2D eigenvalue weighted by Gasteiger charge is -2.12. The van der Waals surface area contributed by atoms with E-state index in [1.54, 1.807) is 7.11 Å². The highest BCUT2D eigenvalue weighted by molar-refractivity contribution is 5.58. The van der Waals surface area contributed by atoms with Crippen molar-refractivity contribution in [2.45, 2.75) is 19.2 Å². The number of fused-ring (bicyclic) bond motifs is 1. The molecule has 0 fully saturated rings. The normalized spacial score (nSPS) is 13.8. The summed E-state index contributed by atoms with van der Waals surface area (Å²) >= 11 is 0. The van der Waals surface area contributed by atoms with Crippen LogP contribution in [0.15, 0.2) is 36.4 Å². The Hall–Kier alpha value is -2.70. The molecule has 0 saturated carbocycles. The van der Waals surface area contributed by atoms with Gasteiger partial charge in [0.2, 0.25) is 0 Å². The highest BCUT2D eigenvalue weighted by Crippen LogP contribution is 2.24. The molecule has 0 radical (unpaired) electrons. The Kier molecular flexibility index (Phi) is 4.33. The molecular weight excluding hydrogens is 321 g/mol. The minimum Gasteiger partial charge on any atom is -0.499 e. The lowest BCUT2D eigenvalue weighted by Crippen LogP contribution is -2.33. The van der Waals surface area contributed by atoms with Crippen LogP contribution in [0.3, 0.4) is 0 Å². The van der Waals surface area contributed by atoms with E-state index in [9.17, 15) is 13.2 Å². The zero-order valence-electron chi connectivity index (χ0n) is 12.9. The summed E-state index contributed by atoms with van der Waals surface area (Å²) in [5.74, 6) is 1.14.